The zero-order valence-electron chi connectivity index (χ0n) is 16.6. The lowest BCUT2D eigenvalue weighted by molar-refractivity contribution is 0.713. The lowest BCUT2D eigenvalue weighted by Gasteiger charge is -2.12. The van der Waals surface area contributed by atoms with Gasteiger partial charge in [-0.15, -0.1) is 11.3 Å². The number of thiazole rings is 1. The molecule has 5 aromatic rings. The molecule has 4 heterocycles. The fourth-order valence-corrected chi connectivity index (χ4v) is 4.79. The molecule has 0 spiro atoms. The van der Waals surface area contributed by atoms with Gasteiger partial charge >= 0.3 is 0 Å². The molecule has 0 unspecified atom stereocenters. The summed E-state index contributed by atoms with van der Waals surface area (Å²) < 4.78 is 2.06. The van der Waals surface area contributed by atoms with Gasteiger partial charge in [0.25, 0.3) is 0 Å². The van der Waals surface area contributed by atoms with Gasteiger partial charge in [-0.2, -0.15) is 0 Å². The number of nitrogens with zero attached hydrogens (tertiary/aromatic N) is 5. The van der Waals surface area contributed by atoms with Crippen LogP contribution >= 0.6 is 11.3 Å². The maximum Gasteiger partial charge on any atom is 0.165 e. The molecule has 0 fully saturated rings. The molecule has 6 rings (SSSR count). The van der Waals surface area contributed by atoms with Crippen LogP contribution in [-0.4, -0.2) is 24.5 Å². The van der Waals surface area contributed by atoms with Crippen molar-refractivity contribution in [1.82, 2.24) is 24.5 Å². The number of fused-ring (bicyclic) bond motifs is 2. The molecule has 1 atom stereocenters. The molecule has 0 saturated carbocycles. The second-order valence-corrected chi connectivity index (χ2v) is 8.37. The second kappa shape index (κ2) is 6.97. The van der Waals surface area contributed by atoms with Crippen LogP contribution in [0.2, 0.25) is 0 Å². The minimum Gasteiger partial charge on any atom is -0.383 e. The van der Waals surface area contributed by atoms with E-state index in [2.05, 4.69) is 32.7 Å². The highest BCUT2D eigenvalue weighted by molar-refractivity contribution is 7.07. The van der Waals surface area contributed by atoms with Crippen LogP contribution in [0.25, 0.3) is 39.6 Å². The first-order valence-corrected chi connectivity index (χ1v) is 11.0. The van der Waals surface area contributed by atoms with Crippen molar-refractivity contribution in [2.24, 2.45) is 5.73 Å². The molecule has 8 heteroatoms. The zero-order chi connectivity index (χ0) is 20.9. The van der Waals surface area contributed by atoms with Crippen LogP contribution in [-0.2, 0) is 6.42 Å². The van der Waals surface area contributed by atoms with Gasteiger partial charge in [0.05, 0.1) is 22.5 Å². The van der Waals surface area contributed by atoms with E-state index >= 15 is 0 Å². The molecule has 4 N–H and O–H groups in total. The zero-order valence-corrected chi connectivity index (χ0v) is 17.4. The van der Waals surface area contributed by atoms with Gasteiger partial charge in [-0.05, 0) is 60.4 Å². The molecule has 0 amide bonds. The SMILES string of the molecule is Nc1ncccc1-c1nc2ccc(-c3cscn3)nc2n1-c1ccc2c(c1)CC[C@@H]2N. The van der Waals surface area contributed by atoms with Crippen LogP contribution in [0.15, 0.2) is 59.6 Å². The van der Waals surface area contributed by atoms with E-state index in [1.165, 1.54) is 11.1 Å². The lowest BCUT2D eigenvalue weighted by atomic mass is 10.1. The van der Waals surface area contributed by atoms with E-state index in [0.29, 0.717) is 11.6 Å². The van der Waals surface area contributed by atoms with Gasteiger partial charge in [0.15, 0.2) is 11.5 Å². The van der Waals surface area contributed by atoms with E-state index in [0.717, 1.165) is 46.6 Å². The summed E-state index contributed by atoms with van der Waals surface area (Å²) >= 11 is 1.55. The summed E-state index contributed by atoms with van der Waals surface area (Å²) in [5, 5.41) is 1.99. The van der Waals surface area contributed by atoms with Gasteiger partial charge in [0.1, 0.15) is 11.3 Å². The smallest absolute Gasteiger partial charge is 0.165 e. The molecule has 1 aliphatic carbocycles. The van der Waals surface area contributed by atoms with E-state index in [1.54, 1.807) is 17.5 Å². The largest absolute Gasteiger partial charge is 0.383 e. The third-order valence-electron chi connectivity index (χ3n) is 5.79. The average Bonchev–Trinajstić information content (AvgIpc) is 3.52. The first kappa shape index (κ1) is 18.2. The molecule has 0 bridgehead atoms. The van der Waals surface area contributed by atoms with Gasteiger partial charge in [0, 0.05) is 23.3 Å². The monoisotopic (exact) mass is 425 g/mol. The van der Waals surface area contributed by atoms with Gasteiger partial charge in [-0.25, -0.2) is 19.9 Å². The van der Waals surface area contributed by atoms with Crippen LogP contribution in [0, 0.1) is 0 Å². The third kappa shape index (κ3) is 2.91. The highest BCUT2D eigenvalue weighted by Crippen LogP contribution is 2.35. The Hall–Kier alpha value is -3.62. The summed E-state index contributed by atoms with van der Waals surface area (Å²) in [6.07, 6.45) is 3.62. The number of pyridine rings is 2. The number of hydrogen-bond acceptors (Lipinski definition) is 7. The Bertz CT molecular complexity index is 1420. The van der Waals surface area contributed by atoms with Crippen molar-refractivity contribution in [3.8, 4) is 28.5 Å². The maximum absolute atomic E-state index is 6.26. The van der Waals surface area contributed by atoms with Gasteiger partial charge in [-0.3, -0.25) is 4.57 Å². The average molecular weight is 426 g/mol. The van der Waals surface area contributed by atoms with Crippen LogP contribution < -0.4 is 11.5 Å². The molecule has 1 aliphatic rings. The molecule has 152 valence electrons. The van der Waals surface area contributed by atoms with Gasteiger partial charge in [-0.1, -0.05) is 6.07 Å². The van der Waals surface area contributed by atoms with E-state index < -0.39 is 0 Å². The Kier molecular flexibility index (Phi) is 4.09. The summed E-state index contributed by atoms with van der Waals surface area (Å²) in [4.78, 5) is 18.5. The number of anilines is 1. The number of aromatic nitrogens is 5. The molecule has 0 radical (unpaired) electrons. The van der Waals surface area contributed by atoms with Crippen molar-refractivity contribution >= 4 is 28.3 Å². The van der Waals surface area contributed by atoms with E-state index in [4.69, 9.17) is 21.4 Å². The summed E-state index contributed by atoms with van der Waals surface area (Å²) in [5.41, 5.74) is 21.7. The Labute approximate surface area is 182 Å². The molecule has 0 saturated heterocycles. The number of aryl methyl sites for hydroxylation is 1. The number of rotatable bonds is 3. The predicted octanol–water partition coefficient (Wildman–Crippen LogP) is 4.13. The molecule has 0 aliphatic heterocycles. The molecule has 4 aromatic heterocycles. The topological polar surface area (TPSA) is 109 Å². The van der Waals surface area contributed by atoms with Crippen molar-refractivity contribution in [2.45, 2.75) is 18.9 Å². The molecule has 7 nitrogen and oxygen atoms in total. The van der Waals surface area contributed by atoms with Crippen LogP contribution in [0.3, 0.4) is 0 Å². The predicted molar refractivity (Wildman–Crippen MR) is 123 cm³/mol. The Morgan fingerprint density at radius 1 is 1.03 bits per heavy atom. The fraction of sp³-hybridized carbons (Fsp3) is 0.130. The first-order valence-electron chi connectivity index (χ1n) is 10.1. The van der Waals surface area contributed by atoms with Crippen molar-refractivity contribution < 1.29 is 0 Å². The highest BCUT2D eigenvalue weighted by atomic mass is 32.1. The summed E-state index contributed by atoms with van der Waals surface area (Å²) in [7, 11) is 0. The number of benzene rings is 1. The Morgan fingerprint density at radius 3 is 2.81 bits per heavy atom. The lowest BCUT2D eigenvalue weighted by Crippen LogP contribution is -2.06. The molecule has 1 aromatic carbocycles. The minimum atomic E-state index is 0.103. The maximum atomic E-state index is 6.26. The normalized spacial score (nSPS) is 15.5. The molecular formula is C23H19N7S. The highest BCUT2D eigenvalue weighted by Gasteiger charge is 2.22. The van der Waals surface area contributed by atoms with Crippen molar-refractivity contribution in [1.29, 1.82) is 0 Å². The molecule has 31 heavy (non-hydrogen) atoms. The number of nitrogen functional groups attached to an aromatic ring is 1. The first-order chi connectivity index (χ1) is 15.2. The van der Waals surface area contributed by atoms with Crippen LogP contribution in [0.4, 0.5) is 5.82 Å². The third-order valence-corrected chi connectivity index (χ3v) is 6.37. The van der Waals surface area contributed by atoms with Crippen molar-refractivity contribution in [3.63, 3.8) is 0 Å². The van der Waals surface area contributed by atoms with Crippen molar-refractivity contribution in [3.05, 3.63) is 70.7 Å². The van der Waals surface area contributed by atoms with E-state index in [1.807, 2.05) is 35.2 Å². The Balaban J connectivity index is 1.64. The van der Waals surface area contributed by atoms with Gasteiger partial charge in [0.2, 0.25) is 0 Å². The number of imidazole rings is 1. The summed E-state index contributed by atoms with van der Waals surface area (Å²) in [6, 6.07) is 14.2. The summed E-state index contributed by atoms with van der Waals surface area (Å²) in [5.74, 6) is 1.15. The number of hydrogen-bond donors (Lipinski definition) is 2. The quantitative estimate of drug-likeness (QED) is 0.450. The van der Waals surface area contributed by atoms with Crippen molar-refractivity contribution in [2.75, 3.05) is 5.73 Å². The van der Waals surface area contributed by atoms with E-state index in [-0.39, 0.29) is 6.04 Å². The Morgan fingerprint density at radius 2 is 1.97 bits per heavy atom. The second-order valence-electron chi connectivity index (χ2n) is 7.65. The summed E-state index contributed by atoms with van der Waals surface area (Å²) in [6.45, 7) is 0. The van der Waals surface area contributed by atoms with Gasteiger partial charge < -0.3 is 11.5 Å². The molecular weight excluding hydrogens is 406 g/mol. The fourth-order valence-electron chi connectivity index (χ4n) is 4.25. The van der Waals surface area contributed by atoms with Crippen LogP contribution in [0.5, 0.6) is 0 Å². The van der Waals surface area contributed by atoms with Crippen LogP contribution in [0.1, 0.15) is 23.6 Å². The number of nitrogens with two attached hydrogens (primary N) is 2. The van der Waals surface area contributed by atoms with E-state index in [9.17, 15) is 0 Å². The minimum absolute atomic E-state index is 0.103. The standard InChI is InChI=1S/C23H19N7S/c24-17-6-3-13-10-14(4-5-15(13)17)30-22(16-2-1-9-26-21(16)25)29-19-8-7-18(28-23(19)30)20-11-31-12-27-20/h1-2,4-5,7-12,17H,3,6,24H2,(H2,25,26)/t17-/m0/s1.